The quantitative estimate of drug-likeness (QED) is 0.0406. The van der Waals surface area contributed by atoms with Crippen LogP contribution in [0.4, 0.5) is 17.1 Å². The van der Waals surface area contributed by atoms with Crippen LogP contribution in [-0.4, -0.2) is 0 Å². The summed E-state index contributed by atoms with van der Waals surface area (Å²) < 4.78 is 14.7. The van der Waals surface area contributed by atoms with Crippen molar-refractivity contribution in [3.63, 3.8) is 0 Å². The van der Waals surface area contributed by atoms with E-state index in [9.17, 15) is 0 Å². The second-order valence-electron chi connectivity index (χ2n) is 47.5. The summed E-state index contributed by atoms with van der Waals surface area (Å²) in [5.74, 6) is 0. The Labute approximate surface area is 861 Å². The molecule has 0 fully saturated rings. The van der Waals surface area contributed by atoms with Gasteiger partial charge in [0.05, 0.1) is 0 Å². The molecule has 25 rings (SSSR count). The fourth-order valence-electron chi connectivity index (χ4n) is 29.1. The number of para-hydroxylation sites is 2. The summed E-state index contributed by atoms with van der Waals surface area (Å²) >= 11 is 0. The lowest BCUT2D eigenvalue weighted by Gasteiger charge is -2.33. The van der Waals surface area contributed by atoms with E-state index in [1.54, 1.807) is 22.3 Å². The first-order valence-corrected chi connectivity index (χ1v) is 55.8. The van der Waals surface area contributed by atoms with Crippen molar-refractivity contribution in [2.24, 2.45) is 0 Å². The number of unbranched alkanes of at least 4 members (excludes halogenated alkanes) is 16. The summed E-state index contributed by atoms with van der Waals surface area (Å²) in [7, 11) is 0. The van der Waals surface area contributed by atoms with E-state index in [0.29, 0.717) is 0 Å². The molecule has 2 aromatic heterocycles. The van der Waals surface area contributed by atoms with Gasteiger partial charge in [0.25, 0.3) is 0 Å². The Morgan fingerprint density at radius 1 is 0.207 bits per heavy atom. The van der Waals surface area contributed by atoms with Crippen LogP contribution in [0.5, 0.6) is 0 Å². The molecule has 0 saturated heterocycles. The third-order valence-corrected chi connectivity index (χ3v) is 37.1. The lowest BCUT2D eigenvalue weighted by atomic mass is 9.70. The SMILES string of the molecule is CCCCCCCC1(CCCCCCC)c2ccccc2-c2ccc(-c3ccc4c(c3)C(C)(C)c3cc(-c5cc6c(c7c5oc5ccccc57)-c5cc7c(cc5C6(C)C)-c5ccc(N(c6ccc(C)cc6)c6ccc8c(c6)C(C)(C)c6cc(-c9ccc%10c(c9)C(C)(C)c9cc(-c%11ccc%12c(c%11)C(CCCCCCC)(CCCCCCC)c%11ccccc%11-%12)ccc9-%10)c9c(oc%10ccccc%109)c6-8)cc5C7(C)C)ccc3-4)cc21. The van der Waals surface area contributed by atoms with Crippen molar-refractivity contribution in [2.75, 3.05) is 4.90 Å². The van der Waals surface area contributed by atoms with E-state index < -0.39 is 5.41 Å². The number of rotatable bonds is 31. The van der Waals surface area contributed by atoms with E-state index in [1.165, 1.54) is 343 Å². The molecule has 18 aromatic rings. The number of nitrogens with zero attached hydrogens (tertiary/aromatic N) is 1. The highest BCUT2D eigenvalue weighted by Gasteiger charge is 2.50. The highest BCUT2D eigenvalue weighted by molar-refractivity contribution is 6.21. The monoisotopic (exact) mass is 1890 g/mol. The van der Waals surface area contributed by atoms with Gasteiger partial charge in [-0.3, -0.25) is 0 Å². The Morgan fingerprint density at radius 2 is 0.510 bits per heavy atom. The minimum atomic E-state index is -0.413. The first-order chi connectivity index (χ1) is 70.4. The Hall–Kier alpha value is -13.1. The van der Waals surface area contributed by atoms with Gasteiger partial charge >= 0.3 is 0 Å². The number of furan rings is 2. The molecule has 7 aliphatic rings. The Bertz CT molecular complexity index is 8270. The zero-order valence-corrected chi connectivity index (χ0v) is 88.4. The van der Waals surface area contributed by atoms with Gasteiger partial charge in [0.1, 0.15) is 22.3 Å². The van der Waals surface area contributed by atoms with Crippen LogP contribution in [0, 0.1) is 6.92 Å². The largest absolute Gasteiger partial charge is 0.455 e. The summed E-state index contributed by atoms with van der Waals surface area (Å²) in [6.07, 6.45) is 30.8. The average molecular weight is 1890 g/mol. The molecular weight excluding hydrogens is 1750 g/mol. The summed E-state index contributed by atoms with van der Waals surface area (Å²) in [5, 5.41) is 4.69. The van der Waals surface area contributed by atoms with Gasteiger partial charge in [0, 0.05) is 87.6 Å². The molecule has 16 aromatic carbocycles. The molecule has 0 radical (unpaired) electrons. The summed E-state index contributed by atoms with van der Waals surface area (Å²) in [5.41, 5.74) is 55.3. The summed E-state index contributed by atoms with van der Waals surface area (Å²) in [6.45, 7) is 36.2. The minimum Gasteiger partial charge on any atom is -0.455 e. The average Bonchev–Trinajstić information content (AvgIpc) is 1.52. The number of fused-ring (bicyclic) bond motifs is 29. The van der Waals surface area contributed by atoms with Gasteiger partial charge in [-0.2, -0.15) is 0 Å². The van der Waals surface area contributed by atoms with Crippen LogP contribution in [0.3, 0.4) is 0 Å². The Kier molecular flexibility index (Phi) is 22.7. The number of anilines is 3. The lowest BCUT2D eigenvalue weighted by Crippen LogP contribution is -2.25. The molecule has 0 unspecified atom stereocenters. The van der Waals surface area contributed by atoms with Gasteiger partial charge in [0.2, 0.25) is 0 Å². The van der Waals surface area contributed by atoms with Gasteiger partial charge in [0.15, 0.2) is 0 Å². The summed E-state index contributed by atoms with van der Waals surface area (Å²) in [6, 6.07) is 115. The zero-order chi connectivity index (χ0) is 99.1. The minimum absolute atomic E-state index is 0.0220. The lowest BCUT2D eigenvalue weighted by molar-refractivity contribution is 0.399. The predicted molar refractivity (Wildman–Crippen MR) is 616 cm³/mol. The molecule has 145 heavy (non-hydrogen) atoms. The Morgan fingerprint density at radius 3 is 0.979 bits per heavy atom. The molecule has 726 valence electrons. The van der Waals surface area contributed by atoms with Crippen LogP contribution in [-0.2, 0) is 37.9 Å². The molecule has 0 saturated carbocycles. The maximum absolute atomic E-state index is 7.36. The first kappa shape index (κ1) is 93.0. The topological polar surface area (TPSA) is 29.5 Å². The standard InChI is InChI=1S/C142H141NO2/c1-16-20-24-28-40-72-141(73-41-29-25-21-17-2)114-48-36-32-44-98(114)104-66-56-91(78-124(104)141)89-54-64-100-102-68-58-93(80-118(102)136(6,7)116(100)76-89)110-84-127-132(135-130(110)108-46-34-38-50-128(108)145-135)107-71-63-97(83-121(107)139(127,12)13)143(95-60-52-88(5)53-61-95)96-62-70-106-112-86-123-113(87-122(112)138(10,11)120(106)82-96)131-126(140(123,14)15)85-111(134-133(131)109-47-35-39-51-129(109)144-134)94-59-69-103-101-65-55-90(77-117(101)137(8,9)119(103)81-94)92-57-67-105-99-45-33-37-49-115(99)142(125(105)79-92,74-42-30-26-22-18-3)75-43-31-27-23-19-4/h32-39,44-71,76-87H,16-31,40-43,72-75H2,1-15H3. The first-order valence-electron chi connectivity index (χ1n) is 55.8. The third-order valence-electron chi connectivity index (χ3n) is 37.1. The van der Waals surface area contributed by atoms with E-state index in [2.05, 4.69) is 400 Å². The maximum atomic E-state index is 7.36. The molecular formula is C142H141NO2. The van der Waals surface area contributed by atoms with Crippen molar-refractivity contribution in [3.8, 4) is 122 Å². The predicted octanol–water partition coefficient (Wildman–Crippen LogP) is 41.4. The van der Waals surface area contributed by atoms with Gasteiger partial charge in [-0.05, 0) is 331 Å². The third kappa shape index (κ3) is 14.4. The van der Waals surface area contributed by atoms with Crippen molar-refractivity contribution >= 4 is 60.9 Å². The van der Waals surface area contributed by atoms with Crippen molar-refractivity contribution in [3.05, 3.63) is 375 Å². The van der Waals surface area contributed by atoms with Crippen LogP contribution in [0.2, 0.25) is 0 Å². The van der Waals surface area contributed by atoms with Gasteiger partial charge in [-0.15, -0.1) is 0 Å². The van der Waals surface area contributed by atoms with Gasteiger partial charge < -0.3 is 13.7 Å². The van der Waals surface area contributed by atoms with Crippen LogP contribution < -0.4 is 4.90 Å². The number of hydrogen-bond donors (Lipinski definition) is 0. The van der Waals surface area contributed by atoms with E-state index >= 15 is 0 Å². The molecule has 2 heterocycles. The number of benzene rings is 16. The zero-order valence-electron chi connectivity index (χ0n) is 88.4. The highest BCUT2D eigenvalue weighted by Crippen LogP contribution is 2.66. The van der Waals surface area contributed by atoms with E-state index in [1.807, 2.05) is 0 Å². The van der Waals surface area contributed by atoms with Gasteiger partial charge in [-0.1, -0.05) is 413 Å². The van der Waals surface area contributed by atoms with E-state index in [0.717, 1.165) is 55.7 Å². The second-order valence-corrected chi connectivity index (χ2v) is 47.5. The van der Waals surface area contributed by atoms with Crippen LogP contribution in [0.1, 0.15) is 334 Å². The molecule has 7 aliphatic carbocycles. The maximum Gasteiger partial charge on any atom is 0.144 e. The molecule has 3 nitrogen and oxygen atoms in total. The smallest absolute Gasteiger partial charge is 0.144 e. The molecule has 0 atom stereocenters. The molecule has 0 spiro atoms. The number of aryl methyl sites for hydroxylation is 1. The van der Waals surface area contributed by atoms with Crippen LogP contribution in [0.15, 0.2) is 300 Å². The van der Waals surface area contributed by atoms with Gasteiger partial charge in [-0.25, -0.2) is 0 Å². The van der Waals surface area contributed by atoms with Crippen molar-refractivity contribution in [2.45, 2.75) is 296 Å². The normalized spacial score (nSPS) is 15.8. The fourth-order valence-corrected chi connectivity index (χ4v) is 29.1. The molecule has 0 amide bonds. The van der Waals surface area contributed by atoms with E-state index in [-0.39, 0.29) is 32.5 Å². The van der Waals surface area contributed by atoms with Crippen LogP contribution in [0.25, 0.3) is 166 Å². The van der Waals surface area contributed by atoms with Crippen molar-refractivity contribution < 1.29 is 8.83 Å². The number of hydrogen-bond acceptors (Lipinski definition) is 3. The molecule has 0 bridgehead atoms. The molecule has 0 aliphatic heterocycles. The van der Waals surface area contributed by atoms with Crippen molar-refractivity contribution in [1.82, 2.24) is 0 Å². The van der Waals surface area contributed by atoms with E-state index in [4.69, 9.17) is 8.83 Å². The summed E-state index contributed by atoms with van der Waals surface area (Å²) in [4.78, 5) is 2.52. The van der Waals surface area contributed by atoms with Crippen molar-refractivity contribution in [1.29, 1.82) is 0 Å². The Balaban J connectivity index is 0.530. The molecule has 0 N–H and O–H groups in total. The van der Waals surface area contributed by atoms with Crippen LogP contribution >= 0.6 is 0 Å². The second kappa shape index (κ2) is 35.4. The highest BCUT2D eigenvalue weighted by atomic mass is 16.3. The fraction of sp³-hybridized carbons (Fsp3) is 0.324. The molecule has 3 heteroatoms.